The Kier molecular flexibility index (Phi) is 4.48. The second kappa shape index (κ2) is 6.79. The molecule has 1 aliphatic carbocycles. The van der Waals surface area contributed by atoms with E-state index >= 15 is 0 Å². The molecule has 7 heteroatoms. The van der Waals surface area contributed by atoms with E-state index in [0.29, 0.717) is 49.3 Å². The number of benzene rings is 1. The minimum Gasteiger partial charge on any atom is -0.454 e. The summed E-state index contributed by atoms with van der Waals surface area (Å²) in [7, 11) is 0. The van der Waals surface area contributed by atoms with Gasteiger partial charge in [-0.3, -0.25) is 9.59 Å². The highest BCUT2D eigenvalue weighted by molar-refractivity contribution is 5.79. The lowest BCUT2D eigenvalue weighted by molar-refractivity contribution is -0.129. The van der Waals surface area contributed by atoms with Crippen molar-refractivity contribution in [3.63, 3.8) is 0 Å². The summed E-state index contributed by atoms with van der Waals surface area (Å²) in [5.41, 5.74) is 0.908. The molecule has 2 fully saturated rings. The number of hydrogen-bond donors (Lipinski definition) is 2. The van der Waals surface area contributed by atoms with E-state index in [1.165, 1.54) is 6.92 Å². The number of rotatable bonds is 3. The third kappa shape index (κ3) is 3.35. The quantitative estimate of drug-likeness (QED) is 0.828. The summed E-state index contributed by atoms with van der Waals surface area (Å²) in [5.74, 6) is 2.00. The Morgan fingerprint density at radius 1 is 1.19 bits per heavy atom. The fraction of sp³-hybridized carbons (Fsp3) is 0.579. The lowest BCUT2D eigenvalue weighted by Gasteiger charge is -2.35. The second-order valence-corrected chi connectivity index (χ2v) is 7.53. The predicted octanol–water partition coefficient (Wildman–Crippen LogP) is 0.692. The number of carbonyl (C=O) groups is 2. The zero-order chi connectivity index (χ0) is 18.3. The minimum absolute atomic E-state index is 0.0869. The second-order valence-electron chi connectivity index (χ2n) is 7.53. The van der Waals surface area contributed by atoms with Crippen molar-refractivity contribution in [3.8, 4) is 11.5 Å². The number of nitrogens with one attached hydrogen (secondary N) is 1. The van der Waals surface area contributed by atoms with Gasteiger partial charge in [-0.1, -0.05) is 6.07 Å². The number of carbonyl (C=O) groups excluding carboxylic acids is 2. The van der Waals surface area contributed by atoms with Gasteiger partial charge in [-0.2, -0.15) is 0 Å². The van der Waals surface area contributed by atoms with Gasteiger partial charge in [0.1, 0.15) is 0 Å². The molecule has 2 heterocycles. The van der Waals surface area contributed by atoms with Crippen LogP contribution >= 0.6 is 0 Å². The lowest BCUT2D eigenvalue weighted by atomic mass is 9.77. The van der Waals surface area contributed by atoms with Crippen molar-refractivity contribution in [2.45, 2.75) is 38.3 Å². The summed E-state index contributed by atoms with van der Waals surface area (Å²) in [6, 6.07) is 5.38. The van der Waals surface area contributed by atoms with Crippen LogP contribution in [0, 0.1) is 11.8 Å². The number of aliphatic hydroxyl groups excluding tert-OH is 1. The molecule has 0 spiro atoms. The van der Waals surface area contributed by atoms with E-state index in [9.17, 15) is 14.7 Å². The average Bonchev–Trinajstić information content (AvgIpc) is 3.20. The van der Waals surface area contributed by atoms with Gasteiger partial charge in [-0.15, -0.1) is 0 Å². The molecule has 4 rings (SSSR count). The Balaban J connectivity index is 1.37. The first-order chi connectivity index (χ1) is 12.5. The smallest absolute Gasteiger partial charge is 0.231 e. The summed E-state index contributed by atoms with van der Waals surface area (Å²) in [6.45, 7) is 3.06. The van der Waals surface area contributed by atoms with Crippen molar-refractivity contribution in [1.29, 1.82) is 0 Å². The molecule has 0 aromatic heterocycles. The van der Waals surface area contributed by atoms with Crippen LogP contribution in [-0.4, -0.2) is 53.8 Å². The van der Waals surface area contributed by atoms with Gasteiger partial charge < -0.3 is 24.8 Å². The number of likely N-dealkylation sites (tertiary alicyclic amines) is 1. The summed E-state index contributed by atoms with van der Waals surface area (Å²) in [5, 5.41) is 13.1. The van der Waals surface area contributed by atoms with E-state index in [1.807, 2.05) is 23.1 Å². The molecule has 1 saturated carbocycles. The normalized spacial score (nSPS) is 29.4. The van der Waals surface area contributed by atoms with Gasteiger partial charge in [0.05, 0.1) is 18.6 Å². The molecule has 0 unspecified atom stereocenters. The molecular weight excluding hydrogens is 336 g/mol. The number of ether oxygens (including phenoxy) is 2. The van der Waals surface area contributed by atoms with Gasteiger partial charge in [-0.05, 0) is 42.4 Å². The number of amides is 2. The Morgan fingerprint density at radius 3 is 2.69 bits per heavy atom. The maximum atomic E-state index is 12.7. The van der Waals surface area contributed by atoms with Gasteiger partial charge in [0.15, 0.2) is 11.5 Å². The van der Waals surface area contributed by atoms with Crippen LogP contribution in [0.25, 0.3) is 0 Å². The van der Waals surface area contributed by atoms with Gasteiger partial charge in [-0.25, -0.2) is 0 Å². The first-order valence-corrected chi connectivity index (χ1v) is 9.11. The third-order valence-corrected chi connectivity index (χ3v) is 5.68. The Hall–Kier alpha value is -2.28. The highest BCUT2D eigenvalue weighted by Crippen LogP contribution is 2.37. The van der Waals surface area contributed by atoms with Crippen LogP contribution in [0.3, 0.4) is 0 Å². The molecule has 1 saturated heterocycles. The molecule has 0 radical (unpaired) electrons. The molecular formula is C19H24N2O5. The van der Waals surface area contributed by atoms with E-state index in [0.717, 1.165) is 12.0 Å². The monoisotopic (exact) mass is 360 g/mol. The number of hydrogen-bond acceptors (Lipinski definition) is 5. The van der Waals surface area contributed by atoms with Gasteiger partial charge in [0.25, 0.3) is 0 Å². The van der Waals surface area contributed by atoms with E-state index in [-0.39, 0.29) is 24.6 Å². The van der Waals surface area contributed by atoms with Gasteiger partial charge >= 0.3 is 0 Å². The van der Waals surface area contributed by atoms with Crippen molar-refractivity contribution < 1.29 is 24.2 Å². The van der Waals surface area contributed by atoms with Crippen LogP contribution < -0.4 is 14.8 Å². The van der Waals surface area contributed by atoms with Gasteiger partial charge in [0.2, 0.25) is 18.6 Å². The number of fused-ring (bicyclic) bond motifs is 2. The molecule has 1 aromatic carbocycles. The standard InChI is InChI=1S/C19H24N2O5/c1-11(22)20-15-6-13-8-21(9-14(13)7-16(15)23)19(24)5-12-2-3-17-18(4-12)26-10-25-17/h2-4,13-16,23H,5-10H2,1H3,(H,20,22)/t13-,14+,15-,16-/m1/s1. The SMILES string of the molecule is CC(=O)N[C@@H]1C[C@@H]2CN(C(=O)Cc3ccc4c(c3)OCO4)C[C@@H]2C[C@H]1O. The highest BCUT2D eigenvalue weighted by atomic mass is 16.7. The molecule has 4 atom stereocenters. The molecule has 7 nitrogen and oxygen atoms in total. The first kappa shape index (κ1) is 17.1. The van der Waals surface area contributed by atoms with E-state index in [2.05, 4.69) is 5.32 Å². The van der Waals surface area contributed by atoms with Crippen molar-refractivity contribution in [2.75, 3.05) is 19.9 Å². The molecule has 0 bridgehead atoms. The first-order valence-electron chi connectivity index (χ1n) is 9.11. The maximum Gasteiger partial charge on any atom is 0.231 e. The fourth-order valence-electron chi connectivity index (χ4n) is 4.39. The van der Waals surface area contributed by atoms with E-state index in [4.69, 9.17) is 9.47 Å². The third-order valence-electron chi connectivity index (χ3n) is 5.68. The van der Waals surface area contributed by atoms with E-state index < -0.39 is 6.10 Å². The van der Waals surface area contributed by atoms with Crippen molar-refractivity contribution in [2.24, 2.45) is 11.8 Å². The average molecular weight is 360 g/mol. The Labute approximate surface area is 152 Å². The molecule has 2 amide bonds. The van der Waals surface area contributed by atoms with Crippen LogP contribution in [0.15, 0.2) is 18.2 Å². The van der Waals surface area contributed by atoms with Crippen molar-refractivity contribution in [3.05, 3.63) is 23.8 Å². The summed E-state index contributed by atoms with van der Waals surface area (Å²) >= 11 is 0. The Morgan fingerprint density at radius 2 is 1.92 bits per heavy atom. The van der Waals surface area contributed by atoms with Crippen LogP contribution in [-0.2, 0) is 16.0 Å². The van der Waals surface area contributed by atoms with Crippen LogP contribution in [0.5, 0.6) is 11.5 Å². The predicted molar refractivity (Wildman–Crippen MR) is 92.7 cm³/mol. The fourth-order valence-corrected chi connectivity index (χ4v) is 4.39. The molecule has 3 aliphatic rings. The number of aliphatic hydroxyl groups is 1. The molecule has 26 heavy (non-hydrogen) atoms. The summed E-state index contributed by atoms with van der Waals surface area (Å²) < 4.78 is 10.7. The Bertz CT molecular complexity index is 722. The molecule has 140 valence electrons. The highest BCUT2D eigenvalue weighted by Gasteiger charge is 2.43. The lowest BCUT2D eigenvalue weighted by Crippen LogP contribution is -2.48. The zero-order valence-corrected chi connectivity index (χ0v) is 14.8. The topological polar surface area (TPSA) is 88.1 Å². The molecule has 2 aliphatic heterocycles. The van der Waals surface area contributed by atoms with Crippen molar-refractivity contribution >= 4 is 11.8 Å². The maximum absolute atomic E-state index is 12.7. The number of nitrogens with zero attached hydrogens (tertiary/aromatic N) is 1. The minimum atomic E-state index is -0.538. The van der Waals surface area contributed by atoms with Crippen LogP contribution in [0.4, 0.5) is 0 Å². The molecule has 1 aromatic rings. The summed E-state index contributed by atoms with van der Waals surface area (Å²) in [4.78, 5) is 25.9. The molecule has 2 N–H and O–H groups in total. The summed E-state index contributed by atoms with van der Waals surface area (Å²) in [6.07, 6.45) is 1.14. The van der Waals surface area contributed by atoms with Crippen LogP contribution in [0.2, 0.25) is 0 Å². The van der Waals surface area contributed by atoms with Gasteiger partial charge in [0, 0.05) is 20.0 Å². The van der Waals surface area contributed by atoms with E-state index in [1.54, 1.807) is 0 Å². The van der Waals surface area contributed by atoms with Crippen LogP contribution in [0.1, 0.15) is 25.3 Å². The largest absolute Gasteiger partial charge is 0.454 e. The van der Waals surface area contributed by atoms with Crippen molar-refractivity contribution in [1.82, 2.24) is 10.2 Å². The zero-order valence-electron chi connectivity index (χ0n) is 14.8.